The van der Waals surface area contributed by atoms with Crippen LogP contribution in [0.25, 0.3) is 0 Å². The molecule has 0 saturated carbocycles. The summed E-state index contributed by atoms with van der Waals surface area (Å²) in [4.78, 5) is 14.2. The van der Waals surface area contributed by atoms with Crippen LogP contribution in [-0.2, 0) is 4.79 Å². The lowest BCUT2D eigenvalue weighted by Crippen LogP contribution is -2.37. The molecule has 0 saturated heterocycles. The van der Waals surface area contributed by atoms with Crippen LogP contribution in [0.3, 0.4) is 0 Å². The van der Waals surface area contributed by atoms with E-state index in [-0.39, 0.29) is 5.78 Å². The van der Waals surface area contributed by atoms with E-state index in [1.807, 2.05) is 0 Å². The van der Waals surface area contributed by atoms with Gasteiger partial charge in [0.2, 0.25) is 5.91 Å². The highest BCUT2D eigenvalue weighted by Crippen LogP contribution is 2.22. The van der Waals surface area contributed by atoms with E-state index in [4.69, 9.17) is 11.5 Å². The Labute approximate surface area is 54.5 Å². The van der Waals surface area contributed by atoms with Crippen molar-refractivity contribution in [2.24, 2.45) is 16.5 Å². The fourth-order valence-electron chi connectivity index (χ4n) is 0.644. The Balaban J connectivity index is 2.59. The molecule has 0 spiro atoms. The molecule has 9 heavy (non-hydrogen) atoms. The smallest absolute Gasteiger partial charge is 0.244 e. The summed E-state index contributed by atoms with van der Waals surface area (Å²) in [5, 5.41) is 0. The second-order valence-electron chi connectivity index (χ2n) is 1.82. The van der Waals surface area contributed by atoms with Crippen molar-refractivity contribution >= 4 is 20.4 Å². The number of hydrogen-bond donors (Lipinski definition) is 2. The number of nitrogens with two attached hydrogens (primary N) is 2. The highest BCUT2D eigenvalue weighted by Gasteiger charge is 2.24. The van der Waals surface area contributed by atoms with E-state index < -0.39 is 11.9 Å². The first-order valence-corrected chi connectivity index (χ1v) is 3.70. The van der Waals surface area contributed by atoms with E-state index in [2.05, 4.69) is 4.99 Å². The molecule has 1 heterocycles. The molecule has 4 N–H and O–H groups in total. The molecule has 1 rings (SSSR count). The van der Waals surface area contributed by atoms with Crippen molar-refractivity contribution in [3.05, 3.63) is 0 Å². The molecule has 0 aliphatic carbocycles. The predicted octanol–water partition coefficient (Wildman–Crippen LogP) is -1.15. The van der Waals surface area contributed by atoms with Crippen molar-refractivity contribution in [3.63, 3.8) is 0 Å². The van der Waals surface area contributed by atoms with E-state index in [0.717, 1.165) is 0 Å². The Hall–Kier alpha value is -0.470. The summed E-state index contributed by atoms with van der Waals surface area (Å²) in [6, 6.07) is -0.469. The molecule has 4 nitrogen and oxygen atoms in total. The van der Waals surface area contributed by atoms with Gasteiger partial charge in [-0.15, -0.1) is 0 Å². The van der Waals surface area contributed by atoms with E-state index in [9.17, 15) is 4.79 Å². The molecular weight excluding hydrogens is 137 g/mol. The van der Waals surface area contributed by atoms with Gasteiger partial charge in [0.05, 0.1) is 5.78 Å². The van der Waals surface area contributed by atoms with Crippen molar-refractivity contribution in [2.75, 3.05) is 0 Å². The van der Waals surface area contributed by atoms with E-state index >= 15 is 0 Å². The summed E-state index contributed by atoms with van der Waals surface area (Å²) in [6.45, 7) is 0. The summed E-state index contributed by atoms with van der Waals surface area (Å²) in [5.41, 5.74) is 10.4. The molecule has 0 aromatic carbocycles. The minimum atomic E-state index is -0.469. The molecule has 3 unspecified atom stereocenters. The second-order valence-corrected chi connectivity index (χ2v) is 3.08. The number of nitrogens with zero attached hydrogens (tertiary/aromatic N) is 1. The third-order valence-electron chi connectivity index (χ3n) is 1.13. The van der Waals surface area contributed by atoms with Crippen LogP contribution in [0.5, 0.6) is 0 Å². The summed E-state index contributed by atoms with van der Waals surface area (Å²) in [6.07, 6.45) is 0. The molecule has 0 aromatic rings. The van der Waals surface area contributed by atoms with E-state index in [1.54, 1.807) is 5.96 Å². The molecule has 50 valence electrons. The highest BCUT2D eigenvalue weighted by atomic mass is 31.1. The Morgan fingerprint density at radius 1 is 1.78 bits per heavy atom. The largest absolute Gasteiger partial charge is 0.368 e. The van der Waals surface area contributed by atoms with Gasteiger partial charge in [0.25, 0.3) is 0 Å². The van der Waals surface area contributed by atoms with Crippen LogP contribution in [0, 0.1) is 0 Å². The lowest BCUT2D eigenvalue weighted by atomic mass is 10.3. The fraction of sp³-hybridized carbons (Fsp3) is 0.500. The predicted molar refractivity (Wildman–Crippen MR) is 37.8 cm³/mol. The summed E-state index contributed by atoms with van der Waals surface area (Å²) >= 11 is 0. The number of amides is 1. The van der Waals surface area contributed by atoms with Crippen LogP contribution in [-0.4, -0.2) is 23.7 Å². The van der Waals surface area contributed by atoms with Gasteiger partial charge in [-0.1, -0.05) is 8.58 Å². The summed E-state index contributed by atoms with van der Waals surface area (Å²) < 4.78 is 0. The Morgan fingerprint density at radius 3 is 2.67 bits per heavy atom. The average molecular weight is 145 g/mol. The van der Waals surface area contributed by atoms with Crippen LogP contribution >= 0.6 is 8.58 Å². The monoisotopic (exact) mass is 145 g/mol. The van der Waals surface area contributed by atoms with Crippen LogP contribution in [0.2, 0.25) is 0 Å². The third-order valence-corrected chi connectivity index (χ3v) is 2.13. The van der Waals surface area contributed by atoms with Gasteiger partial charge in [0, 0.05) is 5.96 Å². The lowest BCUT2D eigenvalue weighted by Gasteiger charge is -2.06. The van der Waals surface area contributed by atoms with Gasteiger partial charge in [-0.25, -0.2) is 0 Å². The van der Waals surface area contributed by atoms with Crippen LogP contribution < -0.4 is 11.5 Å². The van der Waals surface area contributed by atoms with Crippen molar-refractivity contribution < 1.29 is 4.79 Å². The zero-order valence-corrected chi connectivity index (χ0v) is 5.74. The third kappa shape index (κ3) is 1.26. The first-order chi connectivity index (χ1) is 4.22. The standard InChI is InChI=1S/C4H8N3OP/c5-3(8)2-4(6)9-1-7-2/h1-2,4,9H,6H2,(H2,5,8). The zero-order chi connectivity index (χ0) is 6.85. The minimum absolute atomic E-state index is 0.164. The Morgan fingerprint density at radius 2 is 2.44 bits per heavy atom. The first kappa shape index (κ1) is 6.65. The van der Waals surface area contributed by atoms with Gasteiger partial charge in [0.15, 0.2) is 0 Å². The highest BCUT2D eigenvalue weighted by molar-refractivity contribution is 7.56. The maximum atomic E-state index is 10.4. The number of aliphatic imine (C=N–C) groups is 1. The molecule has 3 atom stereocenters. The quantitative estimate of drug-likeness (QED) is 0.456. The number of hydrogen-bond acceptors (Lipinski definition) is 3. The lowest BCUT2D eigenvalue weighted by molar-refractivity contribution is -0.119. The zero-order valence-electron chi connectivity index (χ0n) is 4.74. The number of carbonyl (C=O) groups is 1. The molecule has 0 radical (unpaired) electrons. The van der Waals surface area contributed by atoms with Crippen molar-refractivity contribution in [3.8, 4) is 0 Å². The van der Waals surface area contributed by atoms with Gasteiger partial charge >= 0.3 is 0 Å². The number of rotatable bonds is 1. The van der Waals surface area contributed by atoms with Gasteiger partial charge in [-0.05, 0) is 0 Å². The average Bonchev–Trinajstić information content (AvgIpc) is 2.13. The van der Waals surface area contributed by atoms with Crippen LogP contribution in [0.15, 0.2) is 4.99 Å². The SMILES string of the molecule is NC(=O)C1N=CPC1N. The Kier molecular flexibility index (Phi) is 1.78. The number of primary amides is 1. The van der Waals surface area contributed by atoms with Gasteiger partial charge in [-0.2, -0.15) is 0 Å². The maximum absolute atomic E-state index is 10.4. The molecule has 1 aliphatic rings. The molecule has 1 amide bonds. The normalized spacial score (nSPS) is 35.7. The van der Waals surface area contributed by atoms with Gasteiger partial charge < -0.3 is 11.5 Å². The van der Waals surface area contributed by atoms with Gasteiger partial charge in [-0.3, -0.25) is 9.79 Å². The molecule has 1 aliphatic heterocycles. The second kappa shape index (κ2) is 2.42. The van der Waals surface area contributed by atoms with Gasteiger partial charge in [0.1, 0.15) is 6.04 Å². The van der Waals surface area contributed by atoms with Crippen molar-refractivity contribution in [1.29, 1.82) is 0 Å². The molecular formula is C4H8N3OP. The molecule has 0 bridgehead atoms. The molecule has 5 heteroatoms. The van der Waals surface area contributed by atoms with Crippen LogP contribution in [0.1, 0.15) is 0 Å². The van der Waals surface area contributed by atoms with Crippen molar-refractivity contribution in [1.82, 2.24) is 0 Å². The number of carbonyl (C=O) groups excluding carboxylic acids is 1. The van der Waals surface area contributed by atoms with Crippen molar-refractivity contribution in [2.45, 2.75) is 11.8 Å². The van der Waals surface area contributed by atoms with E-state index in [0.29, 0.717) is 8.58 Å². The molecule has 0 aromatic heterocycles. The summed E-state index contributed by atoms with van der Waals surface area (Å²) in [5.74, 6) is 1.08. The minimum Gasteiger partial charge on any atom is -0.368 e. The molecule has 0 fully saturated rings. The fourth-order valence-corrected chi connectivity index (χ4v) is 1.50. The van der Waals surface area contributed by atoms with Crippen LogP contribution in [0.4, 0.5) is 0 Å². The Bertz CT molecular complexity index is 158. The maximum Gasteiger partial charge on any atom is 0.244 e. The first-order valence-electron chi connectivity index (χ1n) is 2.54. The topological polar surface area (TPSA) is 81.5 Å². The van der Waals surface area contributed by atoms with E-state index in [1.165, 1.54) is 0 Å². The summed E-state index contributed by atoms with van der Waals surface area (Å²) in [7, 11) is 0.441.